The lowest BCUT2D eigenvalue weighted by Crippen LogP contribution is -2.53. The summed E-state index contributed by atoms with van der Waals surface area (Å²) in [5.41, 5.74) is 5.96. The SMILES string of the molecule is CC(N)C1CCCCN1CC(=O)NC(=O)NC1CC1.Cl. The van der Waals surface area contributed by atoms with Crippen molar-refractivity contribution in [2.24, 2.45) is 5.73 Å². The fraction of sp³-hybridized carbons (Fsp3) is 0.846. The van der Waals surface area contributed by atoms with Gasteiger partial charge in [-0.1, -0.05) is 6.42 Å². The summed E-state index contributed by atoms with van der Waals surface area (Å²) in [6.45, 7) is 3.11. The van der Waals surface area contributed by atoms with Gasteiger partial charge in [0.15, 0.2) is 0 Å². The van der Waals surface area contributed by atoms with Gasteiger partial charge in [-0.05, 0) is 39.2 Å². The first-order valence-electron chi connectivity index (χ1n) is 7.16. The third-order valence-corrected chi connectivity index (χ3v) is 3.78. The second kappa shape index (κ2) is 7.81. The number of nitrogens with one attached hydrogen (secondary N) is 2. The van der Waals surface area contributed by atoms with Crippen molar-refractivity contribution < 1.29 is 9.59 Å². The molecule has 2 aliphatic rings. The molecule has 3 amide bonds. The highest BCUT2D eigenvalue weighted by Crippen LogP contribution is 2.19. The number of likely N-dealkylation sites (tertiary alicyclic amines) is 1. The van der Waals surface area contributed by atoms with E-state index in [0.717, 1.165) is 38.6 Å². The fourth-order valence-electron chi connectivity index (χ4n) is 2.61. The Labute approximate surface area is 126 Å². The second-order valence-electron chi connectivity index (χ2n) is 5.69. The van der Waals surface area contributed by atoms with E-state index in [1.807, 2.05) is 6.92 Å². The van der Waals surface area contributed by atoms with E-state index < -0.39 is 0 Å². The molecule has 2 rings (SSSR count). The van der Waals surface area contributed by atoms with Crippen molar-refractivity contribution in [1.29, 1.82) is 0 Å². The van der Waals surface area contributed by atoms with Gasteiger partial charge in [0.05, 0.1) is 6.54 Å². The molecule has 4 N–H and O–H groups in total. The molecule has 6 nitrogen and oxygen atoms in total. The van der Waals surface area contributed by atoms with Crippen LogP contribution in [0.5, 0.6) is 0 Å². The van der Waals surface area contributed by atoms with Crippen molar-refractivity contribution in [1.82, 2.24) is 15.5 Å². The largest absolute Gasteiger partial charge is 0.335 e. The van der Waals surface area contributed by atoms with Gasteiger partial charge in [-0.15, -0.1) is 12.4 Å². The molecule has 1 heterocycles. The number of hydrogen-bond donors (Lipinski definition) is 3. The Morgan fingerprint density at radius 3 is 2.60 bits per heavy atom. The Morgan fingerprint density at radius 2 is 2.00 bits per heavy atom. The topological polar surface area (TPSA) is 87.5 Å². The number of urea groups is 1. The number of piperidine rings is 1. The molecule has 0 spiro atoms. The number of halogens is 1. The van der Waals surface area contributed by atoms with Crippen LogP contribution < -0.4 is 16.4 Å². The number of nitrogens with zero attached hydrogens (tertiary/aromatic N) is 1. The average Bonchev–Trinajstić information content (AvgIpc) is 3.12. The van der Waals surface area contributed by atoms with Gasteiger partial charge in [0.1, 0.15) is 0 Å². The van der Waals surface area contributed by atoms with Crippen LogP contribution in [0.3, 0.4) is 0 Å². The van der Waals surface area contributed by atoms with E-state index >= 15 is 0 Å². The molecule has 1 saturated heterocycles. The Hall–Kier alpha value is -0.850. The first-order chi connectivity index (χ1) is 9.06. The highest BCUT2D eigenvalue weighted by molar-refractivity contribution is 5.95. The molecular weight excluding hydrogens is 280 g/mol. The highest BCUT2D eigenvalue weighted by atomic mass is 35.5. The monoisotopic (exact) mass is 304 g/mol. The van der Waals surface area contributed by atoms with Crippen LogP contribution in [0.15, 0.2) is 0 Å². The smallest absolute Gasteiger partial charge is 0.321 e. The minimum atomic E-state index is -0.373. The van der Waals surface area contributed by atoms with Crippen LogP contribution in [-0.2, 0) is 4.79 Å². The summed E-state index contributed by atoms with van der Waals surface area (Å²) in [6.07, 6.45) is 5.30. The van der Waals surface area contributed by atoms with E-state index in [0.29, 0.717) is 0 Å². The van der Waals surface area contributed by atoms with E-state index in [2.05, 4.69) is 15.5 Å². The predicted molar refractivity (Wildman–Crippen MR) is 79.8 cm³/mol. The zero-order chi connectivity index (χ0) is 13.8. The molecule has 2 atom stereocenters. The van der Waals surface area contributed by atoms with Gasteiger partial charge in [-0.2, -0.15) is 0 Å². The van der Waals surface area contributed by atoms with Crippen LogP contribution >= 0.6 is 12.4 Å². The summed E-state index contributed by atoms with van der Waals surface area (Å²) >= 11 is 0. The normalized spacial score (nSPS) is 24.4. The molecule has 0 aromatic rings. The minimum absolute atomic E-state index is 0. The number of carbonyl (C=O) groups excluding carboxylic acids is 2. The van der Waals surface area contributed by atoms with Crippen LogP contribution in [0, 0.1) is 0 Å². The summed E-state index contributed by atoms with van der Waals surface area (Å²) in [4.78, 5) is 25.4. The molecule has 0 bridgehead atoms. The van der Waals surface area contributed by atoms with E-state index in [1.165, 1.54) is 0 Å². The van der Waals surface area contributed by atoms with Crippen LogP contribution in [-0.4, -0.2) is 48.1 Å². The van der Waals surface area contributed by atoms with Crippen LogP contribution in [0.1, 0.15) is 39.0 Å². The molecule has 1 aliphatic heterocycles. The van der Waals surface area contributed by atoms with Gasteiger partial charge in [-0.25, -0.2) is 4.79 Å². The molecule has 2 unspecified atom stereocenters. The second-order valence-corrected chi connectivity index (χ2v) is 5.69. The summed E-state index contributed by atoms with van der Waals surface area (Å²) in [7, 11) is 0. The fourth-order valence-corrected chi connectivity index (χ4v) is 2.61. The molecule has 116 valence electrons. The Balaban J connectivity index is 0.00000200. The number of imide groups is 1. The van der Waals surface area contributed by atoms with Crippen molar-refractivity contribution in [2.75, 3.05) is 13.1 Å². The van der Waals surface area contributed by atoms with Crippen LogP contribution in [0.2, 0.25) is 0 Å². The number of hydrogen-bond acceptors (Lipinski definition) is 4. The van der Waals surface area contributed by atoms with Crippen molar-refractivity contribution in [2.45, 2.75) is 57.2 Å². The quantitative estimate of drug-likeness (QED) is 0.710. The molecule has 2 fully saturated rings. The molecule has 1 saturated carbocycles. The molecule has 7 heteroatoms. The maximum Gasteiger partial charge on any atom is 0.321 e. The number of rotatable bonds is 4. The summed E-state index contributed by atoms with van der Waals surface area (Å²) in [5, 5.41) is 5.13. The van der Waals surface area contributed by atoms with Gasteiger partial charge in [0, 0.05) is 18.1 Å². The maximum atomic E-state index is 11.8. The zero-order valence-corrected chi connectivity index (χ0v) is 12.7. The Morgan fingerprint density at radius 1 is 1.30 bits per heavy atom. The van der Waals surface area contributed by atoms with E-state index in [4.69, 9.17) is 5.73 Å². The van der Waals surface area contributed by atoms with Gasteiger partial charge in [0.2, 0.25) is 5.91 Å². The van der Waals surface area contributed by atoms with Crippen molar-refractivity contribution >= 4 is 24.3 Å². The van der Waals surface area contributed by atoms with E-state index in [9.17, 15) is 9.59 Å². The predicted octanol–water partition coefficient (Wildman–Crippen LogP) is 0.598. The number of amides is 3. The molecule has 20 heavy (non-hydrogen) atoms. The van der Waals surface area contributed by atoms with Crippen LogP contribution in [0.4, 0.5) is 4.79 Å². The van der Waals surface area contributed by atoms with Crippen LogP contribution in [0.25, 0.3) is 0 Å². The lowest BCUT2D eigenvalue weighted by Gasteiger charge is -2.37. The van der Waals surface area contributed by atoms with Gasteiger partial charge in [-0.3, -0.25) is 15.0 Å². The Kier molecular flexibility index (Phi) is 6.71. The lowest BCUT2D eigenvalue weighted by atomic mass is 9.97. The maximum absolute atomic E-state index is 11.8. The van der Waals surface area contributed by atoms with E-state index in [1.54, 1.807) is 0 Å². The third-order valence-electron chi connectivity index (χ3n) is 3.78. The zero-order valence-electron chi connectivity index (χ0n) is 11.9. The minimum Gasteiger partial charge on any atom is -0.335 e. The summed E-state index contributed by atoms with van der Waals surface area (Å²) in [6, 6.07) is 0.181. The van der Waals surface area contributed by atoms with Gasteiger partial charge >= 0.3 is 6.03 Å². The van der Waals surface area contributed by atoms with Gasteiger partial charge < -0.3 is 11.1 Å². The molecule has 0 aromatic carbocycles. The Bertz CT molecular complexity index is 347. The average molecular weight is 305 g/mol. The molecular formula is C13H25ClN4O2. The van der Waals surface area contributed by atoms with Crippen molar-refractivity contribution in [3.8, 4) is 0 Å². The van der Waals surface area contributed by atoms with Crippen molar-refractivity contribution in [3.05, 3.63) is 0 Å². The number of carbonyl (C=O) groups is 2. The first-order valence-corrected chi connectivity index (χ1v) is 7.16. The molecule has 0 radical (unpaired) electrons. The summed E-state index contributed by atoms with van der Waals surface area (Å²) < 4.78 is 0. The lowest BCUT2D eigenvalue weighted by molar-refractivity contribution is -0.122. The highest BCUT2D eigenvalue weighted by Gasteiger charge is 2.28. The molecule has 1 aliphatic carbocycles. The first kappa shape index (κ1) is 17.2. The third kappa shape index (κ3) is 5.26. The summed E-state index contributed by atoms with van der Waals surface area (Å²) in [5.74, 6) is -0.245. The van der Waals surface area contributed by atoms with Gasteiger partial charge in [0.25, 0.3) is 0 Å². The molecule has 0 aromatic heterocycles. The van der Waals surface area contributed by atoms with E-state index in [-0.39, 0.29) is 49.0 Å². The van der Waals surface area contributed by atoms with Crippen molar-refractivity contribution in [3.63, 3.8) is 0 Å². The number of nitrogens with two attached hydrogens (primary N) is 1. The standard InChI is InChI=1S/C13H24N4O2.ClH/c1-9(14)11-4-2-3-7-17(11)8-12(18)16-13(19)15-10-5-6-10;/h9-11H,2-8,14H2,1H3,(H2,15,16,18,19);1H.